The number of carbonyl (C=O) groups is 1. The molecular formula is C13H16FN3O2. The Bertz CT molecular complexity index is 461. The van der Waals surface area contributed by atoms with Gasteiger partial charge >= 0.3 is 6.01 Å². The lowest BCUT2D eigenvalue weighted by Gasteiger charge is -2.28. The van der Waals surface area contributed by atoms with Gasteiger partial charge in [0.25, 0.3) is 0 Å². The number of likely N-dealkylation sites (tertiary alicyclic amines) is 1. The minimum atomic E-state index is -0.486. The molecule has 0 bridgehead atoms. The second kappa shape index (κ2) is 5.11. The molecule has 1 atom stereocenters. The Morgan fingerprint density at radius 3 is 2.68 bits per heavy atom. The van der Waals surface area contributed by atoms with Crippen LogP contribution in [0.4, 0.5) is 4.39 Å². The third-order valence-electron chi connectivity index (χ3n) is 3.78. The molecule has 1 aromatic rings. The Kier molecular flexibility index (Phi) is 3.31. The van der Waals surface area contributed by atoms with Crippen LogP contribution in [0.5, 0.6) is 6.01 Å². The van der Waals surface area contributed by atoms with E-state index in [1.165, 1.54) is 0 Å². The van der Waals surface area contributed by atoms with E-state index in [2.05, 4.69) is 9.97 Å². The van der Waals surface area contributed by atoms with Gasteiger partial charge < -0.3 is 9.64 Å². The average Bonchev–Trinajstić information content (AvgIpc) is 2.78. The summed E-state index contributed by atoms with van der Waals surface area (Å²) in [7, 11) is 0. The number of carbonyl (C=O) groups excluding carboxylic acids is 1. The lowest BCUT2D eigenvalue weighted by Crippen LogP contribution is -2.38. The zero-order valence-corrected chi connectivity index (χ0v) is 10.6. The van der Waals surface area contributed by atoms with Gasteiger partial charge in [0.1, 0.15) is 6.10 Å². The number of hydrogen-bond donors (Lipinski definition) is 0. The maximum absolute atomic E-state index is 12.7. The summed E-state index contributed by atoms with van der Waals surface area (Å²) >= 11 is 0. The molecular weight excluding hydrogens is 249 g/mol. The van der Waals surface area contributed by atoms with E-state index in [1.807, 2.05) is 4.90 Å². The number of aromatic nitrogens is 2. The Morgan fingerprint density at radius 2 is 2.05 bits per heavy atom. The van der Waals surface area contributed by atoms with Crippen LogP contribution in [0.15, 0.2) is 12.4 Å². The standard InChI is InChI=1S/C13H16FN3O2/c14-10-6-15-13(16-7-10)19-11-4-5-17(8-11)12(18)9-2-1-3-9/h6-7,9,11H,1-5,8H2. The first-order valence-corrected chi connectivity index (χ1v) is 6.65. The zero-order valence-electron chi connectivity index (χ0n) is 10.6. The zero-order chi connectivity index (χ0) is 13.2. The minimum absolute atomic E-state index is 0.0884. The second-order valence-corrected chi connectivity index (χ2v) is 5.12. The highest BCUT2D eigenvalue weighted by atomic mass is 19.1. The number of halogens is 1. The Balaban J connectivity index is 1.54. The fourth-order valence-electron chi connectivity index (χ4n) is 2.45. The van der Waals surface area contributed by atoms with Gasteiger partial charge in [-0.05, 0) is 12.8 Å². The summed E-state index contributed by atoms with van der Waals surface area (Å²) in [4.78, 5) is 21.4. The molecule has 1 saturated carbocycles. The van der Waals surface area contributed by atoms with Crippen molar-refractivity contribution in [3.8, 4) is 6.01 Å². The summed E-state index contributed by atoms with van der Waals surface area (Å²) in [5.41, 5.74) is 0. The summed E-state index contributed by atoms with van der Waals surface area (Å²) in [6.07, 6.45) is 6.04. The van der Waals surface area contributed by atoms with Crippen molar-refractivity contribution < 1.29 is 13.9 Å². The van der Waals surface area contributed by atoms with E-state index in [1.54, 1.807) is 0 Å². The molecule has 3 rings (SSSR count). The van der Waals surface area contributed by atoms with Gasteiger partial charge in [-0.25, -0.2) is 14.4 Å². The van der Waals surface area contributed by atoms with Gasteiger partial charge in [0.05, 0.1) is 18.9 Å². The van der Waals surface area contributed by atoms with Gasteiger partial charge in [-0.3, -0.25) is 4.79 Å². The number of rotatable bonds is 3. The smallest absolute Gasteiger partial charge is 0.316 e. The van der Waals surface area contributed by atoms with Gasteiger partial charge in [0.15, 0.2) is 5.82 Å². The van der Waals surface area contributed by atoms with Gasteiger partial charge in [-0.2, -0.15) is 0 Å². The van der Waals surface area contributed by atoms with Gasteiger partial charge in [-0.15, -0.1) is 0 Å². The summed E-state index contributed by atoms with van der Waals surface area (Å²) in [6.45, 7) is 1.30. The molecule has 2 heterocycles. The van der Waals surface area contributed by atoms with Crippen molar-refractivity contribution in [3.05, 3.63) is 18.2 Å². The summed E-state index contributed by atoms with van der Waals surface area (Å²) in [6, 6.07) is 0.171. The molecule has 1 amide bonds. The fourth-order valence-corrected chi connectivity index (χ4v) is 2.45. The van der Waals surface area contributed by atoms with Crippen LogP contribution in [-0.4, -0.2) is 40.0 Å². The normalized spacial score (nSPS) is 23.2. The third kappa shape index (κ3) is 2.67. The molecule has 6 heteroatoms. The van der Waals surface area contributed by atoms with Crippen LogP contribution < -0.4 is 4.74 Å². The lowest BCUT2D eigenvalue weighted by molar-refractivity contribution is -0.137. The van der Waals surface area contributed by atoms with Crippen LogP contribution in [-0.2, 0) is 4.79 Å². The molecule has 1 aromatic heterocycles. The van der Waals surface area contributed by atoms with E-state index in [4.69, 9.17) is 4.74 Å². The molecule has 1 aliphatic carbocycles. The SMILES string of the molecule is O=C(C1CCC1)N1CCC(Oc2ncc(F)cn2)C1. The fraction of sp³-hybridized carbons (Fsp3) is 0.615. The monoisotopic (exact) mass is 265 g/mol. The van der Waals surface area contributed by atoms with Crippen LogP contribution >= 0.6 is 0 Å². The second-order valence-electron chi connectivity index (χ2n) is 5.12. The number of amides is 1. The summed E-state index contributed by atoms with van der Waals surface area (Å²) in [5, 5.41) is 0. The van der Waals surface area contributed by atoms with Crippen molar-refractivity contribution in [2.45, 2.75) is 31.8 Å². The van der Waals surface area contributed by atoms with E-state index >= 15 is 0 Å². The van der Waals surface area contributed by atoms with Crippen molar-refractivity contribution >= 4 is 5.91 Å². The lowest BCUT2D eigenvalue weighted by atomic mass is 9.84. The molecule has 1 unspecified atom stereocenters. The molecule has 19 heavy (non-hydrogen) atoms. The Morgan fingerprint density at radius 1 is 1.32 bits per heavy atom. The topological polar surface area (TPSA) is 55.3 Å². The van der Waals surface area contributed by atoms with Crippen LogP contribution in [0.25, 0.3) is 0 Å². The maximum Gasteiger partial charge on any atom is 0.316 e. The first-order chi connectivity index (χ1) is 9.22. The van der Waals surface area contributed by atoms with Crippen LogP contribution in [0.1, 0.15) is 25.7 Å². The molecule has 5 nitrogen and oxygen atoms in total. The first-order valence-electron chi connectivity index (χ1n) is 6.65. The highest BCUT2D eigenvalue weighted by molar-refractivity contribution is 5.79. The predicted octanol–water partition coefficient (Wildman–Crippen LogP) is 1.40. The van der Waals surface area contributed by atoms with E-state index in [0.717, 1.165) is 44.6 Å². The molecule has 2 aliphatic rings. The average molecular weight is 265 g/mol. The van der Waals surface area contributed by atoms with Crippen molar-refractivity contribution in [1.82, 2.24) is 14.9 Å². The van der Waals surface area contributed by atoms with Gasteiger partial charge in [0.2, 0.25) is 5.91 Å². The minimum Gasteiger partial charge on any atom is -0.458 e. The first kappa shape index (κ1) is 12.3. The molecule has 0 spiro atoms. The van der Waals surface area contributed by atoms with Crippen LogP contribution in [0.3, 0.4) is 0 Å². The summed E-state index contributed by atoms with van der Waals surface area (Å²) in [5.74, 6) is -0.0150. The predicted molar refractivity (Wildman–Crippen MR) is 64.9 cm³/mol. The molecule has 1 saturated heterocycles. The highest BCUT2D eigenvalue weighted by Crippen LogP contribution is 2.29. The Hall–Kier alpha value is -1.72. The van der Waals surface area contributed by atoms with Crippen molar-refractivity contribution in [2.24, 2.45) is 5.92 Å². The maximum atomic E-state index is 12.7. The third-order valence-corrected chi connectivity index (χ3v) is 3.78. The summed E-state index contributed by atoms with van der Waals surface area (Å²) < 4.78 is 18.2. The molecule has 0 radical (unpaired) electrons. The number of hydrogen-bond acceptors (Lipinski definition) is 4. The van der Waals surface area contributed by atoms with E-state index in [9.17, 15) is 9.18 Å². The Labute approximate surface area is 110 Å². The van der Waals surface area contributed by atoms with E-state index in [-0.39, 0.29) is 23.9 Å². The van der Waals surface area contributed by atoms with Crippen molar-refractivity contribution in [1.29, 1.82) is 0 Å². The van der Waals surface area contributed by atoms with Crippen LogP contribution in [0, 0.1) is 11.7 Å². The molecule has 0 aromatic carbocycles. The largest absolute Gasteiger partial charge is 0.458 e. The van der Waals surface area contributed by atoms with Gasteiger partial charge in [0, 0.05) is 18.9 Å². The molecule has 102 valence electrons. The quantitative estimate of drug-likeness (QED) is 0.829. The highest BCUT2D eigenvalue weighted by Gasteiger charge is 2.34. The number of ether oxygens (including phenoxy) is 1. The molecule has 0 N–H and O–H groups in total. The van der Waals surface area contributed by atoms with Gasteiger partial charge in [-0.1, -0.05) is 6.42 Å². The van der Waals surface area contributed by atoms with Crippen molar-refractivity contribution in [3.63, 3.8) is 0 Å². The van der Waals surface area contributed by atoms with E-state index in [0.29, 0.717) is 6.54 Å². The molecule has 1 aliphatic heterocycles. The molecule has 2 fully saturated rings. The van der Waals surface area contributed by atoms with Crippen molar-refractivity contribution in [2.75, 3.05) is 13.1 Å². The van der Waals surface area contributed by atoms with E-state index < -0.39 is 5.82 Å². The van der Waals surface area contributed by atoms with Crippen LogP contribution in [0.2, 0.25) is 0 Å². The number of nitrogens with zero attached hydrogens (tertiary/aromatic N) is 3.